The van der Waals surface area contributed by atoms with E-state index in [1.165, 1.54) is 10.4 Å². The largest absolute Gasteiger partial charge is 0.497 e. The van der Waals surface area contributed by atoms with Gasteiger partial charge in [0.15, 0.2) is 0 Å². The molecule has 114 valence electrons. The van der Waals surface area contributed by atoms with Gasteiger partial charge in [-0.2, -0.15) is 0 Å². The number of hydrogen-bond donors (Lipinski definition) is 1. The molecular weight excluding hydrogens is 294 g/mol. The van der Waals surface area contributed by atoms with Crippen LogP contribution in [0, 0.1) is 6.92 Å². The number of hydrogen-bond acceptors (Lipinski definition) is 5. The van der Waals surface area contributed by atoms with E-state index in [2.05, 4.69) is 47.3 Å². The quantitative estimate of drug-likeness (QED) is 0.767. The van der Waals surface area contributed by atoms with Crippen LogP contribution in [-0.4, -0.2) is 17.1 Å². The number of benzene rings is 1. The van der Waals surface area contributed by atoms with Gasteiger partial charge in [-0.25, -0.2) is 9.97 Å². The Balaban J connectivity index is 1.85. The molecule has 0 atom stereocenters. The molecule has 0 fully saturated rings. The highest BCUT2D eigenvalue weighted by Gasteiger charge is 2.09. The molecule has 3 rings (SSSR count). The van der Waals surface area contributed by atoms with Crippen LogP contribution < -0.4 is 10.1 Å². The number of aryl methyl sites for hydroxylation is 2. The molecule has 0 saturated heterocycles. The molecule has 0 bridgehead atoms. The molecule has 0 saturated carbocycles. The van der Waals surface area contributed by atoms with Gasteiger partial charge in [-0.15, -0.1) is 11.3 Å². The Morgan fingerprint density at radius 3 is 2.64 bits per heavy atom. The first kappa shape index (κ1) is 14.8. The third-order valence-electron chi connectivity index (χ3n) is 3.50. The Morgan fingerprint density at radius 2 is 1.95 bits per heavy atom. The molecule has 5 heteroatoms. The number of methoxy groups -OCH3 is 1. The molecule has 0 aliphatic heterocycles. The first-order chi connectivity index (χ1) is 10.7. The van der Waals surface area contributed by atoms with Gasteiger partial charge in [-0.05, 0) is 30.7 Å². The van der Waals surface area contributed by atoms with E-state index in [-0.39, 0.29) is 0 Å². The third-order valence-corrected chi connectivity index (χ3v) is 4.44. The van der Waals surface area contributed by atoms with Crippen molar-refractivity contribution in [3.63, 3.8) is 0 Å². The zero-order valence-corrected chi connectivity index (χ0v) is 13.8. The van der Waals surface area contributed by atoms with Gasteiger partial charge in [0.2, 0.25) is 0 Å². The second-order valence-electron chi connectivity index (χ2n) is 5.12. The van der Waals surface area contributed by atoms with Crippen LogP contribution in [0.25, 0.3) is 10.2 Å². The minimum atomic E-state index is 0.730. The van der Waals surface area contributed by atoms with Gasteiger partial charge >= 0.3 is 0 Å². The molecule has 1 aromatic carbocycles. The summed E-state index contributed by atoms with van der Waals surface area (Å²) in [7, 11) is 1.68. The summed E-state index contributed by atoms with van der Waals surface area (Å²) in [4.78, 5) is 11.6. The number of anilines is 1. The van der Waals surface area contributed by atoms with Gasteiger partial charge in [-0.3, -0.25) is 0 Å². The van der Waals surface area contributed by atoms with Crippen molar-refractivity contribution in [1.29, 1.82) is 0 Å². The van der Waals surface area contributed by atoms with Crippen molar-refractivity contribution in [2.45, 2.75) is 26.8 Å². The van der Waals surface area contributed by atoms with Crippen molar-refractivity contribution in [3.8, 4) is 5.75 Å². The van der Waals surface area contributed by atoms with Crippen molar-refractivity contribution < 1.29 is 4.74 Å². The number of nitrogens with one attached hydrogen (secondary N) is 1. The van der Waals surface area contributed by atoms with Crippen molar-refractivity contribution in [2.75, 3.05) is 12.4 Å². The Hall–Kier alpha value is -2.14. The second kappa shape index (κ2) is 6.32. The zero-order chi connectivity index (χ0) is 15.5. The summed E-state index contributed by atoms with van der Waals surface area (Å²) in [5.74, 6) is 2.67. The van der Waals surface area contributed by atoms with Gasteiger partial charge in [0.25, 0.3) is 0 Å². The Kier molecular flexibility index (Phi) is 4.24. The molecule has 0 unspecified atom stereocenters. The molecule has 0 aliphatic rings. The van der Waals surface area contributed by atoms with E-state index < -0.39 is 0 Å². The third kappa shape index (κ3) is 3.04. The summed E-state index contributed by atoms with van der Waals surface area (Å²) in [6.45, 7) is 4.91. The van der Waals surface area contributed by atoms with Crippen molar-refractivity contribution >= 4 is 27.4 Å². The highest BCUT2D eigenvalue weighted by atomic mass is 32.1. The predicted octanol–water partition coefficient (Wildman–Crippen LogP) is 4.18. The fourth-order valence-corrected chi connectivity index (χ4v) is 3.21. The molecule has 1 N–H and O–H groups in total. The van der Waals surface area contributed by atoms with E-state index >= 15 is 0 Å². The number of ether oxygens (including phenoxy) is 1. The van der Waals surface area contributed by atoms with Crippen molar-refractivity contribution in [1.82, 2.24) is 9.97 Å². The lowest BCUT2D eigenvalue weighted by molar-refractivity contribution is 0.414. The average molecular weight is 313 g/mol. The van der Waals surface area contributed by atoms with Crippen LogP contribution >= 0.6 is 11.3 Å². The fourth-order valence-electron chi connectivity index (χ4n) is 2.31. The van der Waals surface area contributed by atoms with Crippen LogP contribution in [0.15, 0.2) is 30.3 Å². The van der Waals surface area contributed by atoms with Gasteiger partial charge in [0.1, 0.15) is 22.2 Å². The van der Waals surface area contributed by atoms with E-state index in [9.17, 15) is 0 Å². The van der Waals surface area contributed by atoms with E-state index in [0.29, 0.717) is 0 Å². The highest BCUT2D eigenvalue weighted by Crippen LogP contribution is 2.29. The number of thiophene rings is 1. The first-order valence-electron chi connectivity index (χ1n) is 7.33. The van der Waals surface area contributed by atoms with E-state index in [1.807, 2.05) is 12.1 Å². The molecule has 22 heavy (non-hydrogen) atoms. The van der Waals surface area contributed by atoms with Crippen LogP contribution in [0.4, 0.5) is 5.82 Å². The molecule has 0 radical (unpaired) electrons. The lowest BCUT2D eigenvalue weighted by Gasteiger charge is -2.09. The fraction of sp³-hybridized carbons (Fsp3) is 0.294. The lowest BCUT2D eigenvalue weighted by Crippen LogP contribution is -2.04. The van der Waals surface area contributed by atoms with Crippen LogP contribution in [0.2, 0.25) is 0 Å². The Bertz CT molecular complexity index is 780. The normalized spacial score (nSPS) is 10.9. The summed E-state index contributed by atoms with van der Waals surface area (Å²) in [5, 5.41) is 4.55. The Labute approximate surface area is 134 Å². The van der Waals surface area contributed by atoms with Crippen LogP contribution in [0.5, 0.6) is 5.75 Å². The first-order valence-corrected chi connectivity index (χ1v) is 8.15. The minimum Gasteiger partial charge on any atom is -0.497 e. The van der Waals surface area contributed by atoms with Crippen LogP contribution in [0.1, 0.15) is 23.2 Å². The Morgan fingerprint density at radius 1 is 1.18 bits per heavy atom. The topological polar surface area (TPSA) is 47.0 Å². The molecule has 4 nitrogen and oxygen atoms in total. The number of aromatic nitrogens is 2. The summed E-state index contributed by atoms with van der Waals surface area (Å²) in [6, 6.07) is 10.2. The minimum absolute atomic E-state index is 0.730. The van der Waals surface area contributed by atoms with E-state index in [0.717, 1.165) is 40.6 Å². The summed E-state index contributed by atoms with van der Waals surface area (Å²) in [6.07, 6.45) is 0.837. The molecule has 2 heterocycles. The van der Waals surface area contributed by atoms with Gasteiger partial charge in [-0.1, -0.05) is 19.1 Å². The number of fused-ring (bicyclic) bond motifs is 1. The molecule has 0 spiro atoms. The molecule has 2 aromatic heterocycles. The maximum absolute atomic E-state index is 5.18. The van der Waals surface area contributed by atoms with Crippen molar-refractivity contribution in [3.05, 3.63) is 46.6 Å². The lowest BCUT2D eigenvalue weighted by atomic mass is 10.2. The second-order valence-corrected chi connectivity index (χ2v) is 6.35. The van der Waals surface area contributed by atoms with E-state index in [1.54, 1.807) is 18.4 Å². The summed E-state index contributed by atoms with van der Waals surface area (Å²) in [5.41, 5.74) is 1.19. The maximum atomic E-state index is 5.18. The van der Waals surface area contributed by atoms with Crippen molar-refractivity contribution in [2.24, 2.45) is 0 Å². The van der Waals surface area contributed by atoms with Gasteiger partial charge in [0, 0.05) is 17.8 Å². The highest BCUT2D eigenvalue weighted by molar-refractivity contribution is 7.18. The SMILES string of the molecule is CCc1nc(NCc2ccc(OC)cc2)c2cc(C)sc2n1. The van der Waals surface area contributed by atoms with Crippen LogP contribution in [-0.2, 0) is 13.0 Å². The maximum Gasteiger partial charge on any atom is 0.138 e. The standard InChI is InChI=1S/C17H19N3OS/c1-4-15-19-16(14-9-11(2)22-17(14)20-15)18-10-12-5-7-13(21-3)8-6-12/h5-9H,4,10H2,1-3H3,(H,18,19,20). The average Bonchev–Trinajstić information content (AvgIpc) is 2.93. The smallest absolute Gasteiger partial charge is 0.138 e. The van der Waals surface area contributed by atoms with Crippen LogP contribution in [0.3, 0.4) is 0 Å². The molecule has 3 aromatic rings. The zero-order valence-electron chi connectivity index (χ0n) is 13.0. The van der Waals surface area contributed by atoms with Gasteiger partial charge < -0.3 is 10.1 Å². The number of rotatable bonds is 5. The summed E-state index contributed by atoms with van der Waals surface area (Å²) < 4.78 is 5.18. The monoisotopic (exact) mass is 313 g/mol. The number of nitrogens with zero attached hydrogens (tertiary/aromatic N) is 2. The molecule has 0 amide bonds. The summed E-state index contributed by atoms with van der Waals surface area (Å²) >= 11 is 1.71. The van der Waals surface area contributed by atoms with E-state index in [4.69, 9.17) is 4.74 Å². The molecular formula is C17H19N3OS. The van der Waals surface area contributed by atoms with Gasteiger partial charge in [0.05, 0.1) is 12.5 Å². The molecule has 0 aliphatic carbocycles. The predicted molar refractivity (Wildman–Crippen MR) is 91.9 cm³/mol.